The molecule has 2 fully saturated rings. The van der Waals surface area contributed by atoms with Crippen molar-refractivity contribution >= 4 is 11.8 Å². The number of amides is 2. The molecule has 5 nitrogen and oxygen atoms in total. The molecular formula is C21H30FN3O2. The Bertz CT molecular complexity index is 656. The lowest BCUT2D eigenvalue weighted by atomic mass is 10.0. The van der Waals surface area contributed by atoms with Gasteiger partial charge < -0.3 is 9.80 Å². The third-order valence-corrected chi connectivity index (χ3v) is 5.67. The zero-order chi connectivity index (χ0) is 19.4. The van der Waals surface area contributed by atoms with Crippen LogP contribution in [0.4, 0.5) is 4.39 Å². The standard InChI is InChI=1S/C21H30FN3O2/c1-16(2)19-14-24(21(27)15-23-10-3-4-11-23)12-9-20(26)25(19)13-17-5-7-18(22)8-6-17/h5-8,16,19H,3-4,9-15H2,1-2H3/t19-/m0/s1. The predicted molar refractivity (Wildman–Crippen MR) is 102 cm³/mol. The summed E-state index contributed by atoms with van der Waals surface area (Å²) in [6.45, 7) is 8.11. The first-order valence-electron chi connectivity index (χ1n) is 9.98. The van der Waals surface area contributed by atoms with Crippen molar-refractivity contribution in [2.45, 2.75) is 45.7 Å². The summed E-state index contributed by atoms with van der Waals surface area (Å²) >= 11 is 0. The second kappa shape index (κ2) is 8.83. The van der Waals surface area contributed by atoms with Gasteiger partial charge in [-0.1, -0.05) is 26.0 Å². The van der Waals surface area contributed by atoms with E-state index in [9.17, 15) is 14.0 Å². The maximum Gasteiger partial charge on any atom is 0.236 e. The molecule has 2 aliphatic heterocycles. The third-order valence-electron chi connectivity index (χ3n) is 5.67. The maximum absolute atomic E-state index is 13.2. The lowest BCUT2D eigenvalue weighted by Crippen LogP contribution is -2.48. The number of hydrogen-bond acceptors (Lipinski definition) is 3. The number of carbonyl (C=O) groups is 2. The molecule has 1 aromatic rings. The van der Waals surface area contributed by atoms with Crippen LogP contribution in [-0.2, 0) is 16.1 Å². The second-order valence-corrected chi connectivity index (χ2v) is 8.03. The van der Waals surface area contributed by atoms with E-state index in [0.29, 0.717) is 32.6 Å². The molecule has 3 rings (SSSR count). The molecule has 0 unspecified atom stereocenters. The molecule has 2 amide bonds. The Morgan fingerprint density at radius 2 is 1.81 bits per heavy atom. The third kappa shape index (κ3) is 5.06. The normalized spacial score (nSPS) is 21.8. The predicted octanol–water partition coefficient (Wildman–Crippen LogP) is 2.51. The number of nitrogens with zero attached hydrogens (tertiary/aromatic N) is 3. The minimum absolute atomic E-state index is 0.0346. The first-order chi connectivity index (χ1) is 12.9. The average Bonchev–Trinajstić information content (AvgIpc) is 3.08. The molecule has 148 valence electrons. The van der Waals surface area contributed by atoms with E-state index >= 15 is 0 Å². The molecule has 2 saturated heterocycles. The van der Waals surface area contributed by atoms with Gasteiger partial charge in [-0.3, -0.25) is 14.5 Å². The van der Waals surface area contributed by atoms with Crippen LogP contribution in [0.3, 0.4) is 0 Å². The van der Waals surface area contributed by atoms with Gasteiger partial charge >= 0.3 is 0 Å². The van der Waals surface area contributed by atoms with Crippen molar-refractivity contribution in [3.05, 3.63) is 35.6 Å². The summed E-state index contributed by atoms with van der Waals surface area (Å²) in [5, 5.41) is 0. The Morgan fingerprint density at radius 1 is 1.15 bits per heavy atom. The summed E-state index contributed by atoms with van der Waals surface area (Å²) in [6.07, 6.45) is 2.66. The van der Waals surface area contributed by atoms with Gasteiger partial charge in [-0.05, 0) is 49.5 Å². The number of rotatable bonds is 5. The highest BCUT2D eigenvalue weighted by Gasteiger charge is 2.33. The van der Waals surface area contributed by atoms with Crippen LogP contribution in [0.2, 0.25) is 0 Å². The van der Waals surface area contributed by atoms with Crippen molar-refractivity contribution in [3.8, 4) is 0 Å². The molecule has 2 heterocycles. The molecule has 0 aromatic heterocycles. The molecule has 1 aromatic carbocycles. The van der Waals surface area contributed by atoms with Crippen LogP contribution in [0.5, 0.6) is 0 Å². The summed E-state index contributed by atoms with van der Waals surface area (Å²) < 4.78 is 13.2. The van der Waals surface area contributed by atoms with Crippen LogP contribution in [0.25, 0.3) is 0 Å². The molecular weight excluding hydrogens is 345 g/mol. The van der Waals surface area contributed by atoms with Gasteiger partial charge in [0.25, 0.3) is 0 Å². The Labute approximate surface area is 161 Å². The van der Waals surface area contributed by atoms with Crippen LogP contribution in [-0.4, -0.2) is 65.3 Å². The van der Waals surface area contributed by atoms with E-state index in [1.807, 2.05) is 9.80 Å². The SMILES string of the molecule is CC(C)[C@@H]1CN(C(=O)CN2CCCC2)CCC(=O)N1Cc1ccc(F)cc1. The second-order valence-electron chi connectivity index (χ2n) is 8.03. The zero-order valence-electron chi connectivity index (χ0n) is 16.4. The Balaban J connectivity index is 1.71. The van der Waals surface area contributed by atoms with Crippen LogP contribution in [0.15, 0.2) is 24.3 Å². The van der Waals surface area contributed by atoms with Crippen LogP contribution in [0.1, 0.15) is 38.7 Å². The van der Waals surface area contributed by atoms with Crippen molar-refractivity contribution < 1.29 is 14.0 Å². The van der Waals surface area contributed by atoms with E-state index in [2.05, 4.69) is 18.7 Å². The summed E-state index contributed by atoms with van der Waals surface area (Å²) in [4.78, 5) is 31.6. The lowest BCUT2D eigenvalue weighted by molar-refractivity contribution is -0.134. The number of likely N-dealkylation sites (tertiary alicyclic amines) is 1. The molecule has 0 spiro atoms. The molecule has 2 aliphatic rings. The summed E-state index contributed by atoms with van der Waals surface area (Å²) in [7, 11) is 0. The van der Waals surface area contributed by atoms with Crippen LogP contribution >= 0.6 is 0 Å². The fraction of sp³-hybridized carbons (Fsp3) is 0.619. The molecule has 0 radical (unpaired) electrons. The number of hydrogen-bond donors (Lipinski definition) is 0. The van der Waals surface area contributed by atoms with Crippen molar-refractivity contribution in [1.29, 1.82) is 0 Å². The topological polar surface area (TPSA) is 43.9 Å². The van der Waals surface area contributed by atoms with E-state index in [1.165, 1.54) is 12.1 Å². The quantitative estimate of drug-likeness (QED) is 0.794. The first-order valence-corrected chi connectivity index (χ1v) is 9.98. The molecule has 0 N–H and O–H groups in total. The molecule has 27 heavy (non-hydrogen) atoms. The van der Waals surface area contributed by atoms with E-state index in [0.717, 1.165) is 31.5 Å². The average molecular weight is 375 g/mol. The zero-order valence-corrected chi connectivity index (χ0v) is 16.4. The lowest BCUT2D eigenvalue weighted by Gasteiger charge is -2.35. The Morgan fingerprint density at radius 3 is 2.44 bits per heavy atom. The van der Waals surface area contributed by atoms with Crippen molar-refractivity contribution in [3.63, 3.8) is 0 Å². The largest absolute Gasteiger partial charge is 0.339 e. The molecule has 1 atom stereocenters. The van der Waals surface area contributed by atoms with Gasteiger partial charge in [0.05, 0.1) is 12.6 Å². The van der Waals surface area contributed by atoms with Crippen LogP contribution < -0.4 is 0 Å². The fourth-order valence-corrected chi connectivity index (χ4v) is 4.00. The maximum atomic E-state index is 13.2. The molecule has 0 aliphatic carbocycles. The minimum Gasteiger partial charge on any atom is -0.339 e. The number of halogens is 1. The summed E-state index contributed by atoms with van der Waals surface area (Å²) in [5.41, 5.74) is 0.909. The van der Waals surface area contributed by atoms with Gasteiger partial charge in [-0.25, -0.2) is 4.39 Å². The van der Waals surface area contributed by atoms with Crippen LogP contribution in [0, 0.1) is 11.7 Å². The van der Waals surface area contributed by atoms with Gasteiger partial charge in [-0.15, -0.1) is 0 Å². The van der Waals surface area contributed by atoms with Gasteiger partial charge in [0.1, 0.15) is 5.82 Å². The monoisotopic (exact) mass is 375 g/mol. The number of carbonyl (C=O) groups excluding carboxylic acids is 2. The summed E-state index contributed by atoms with van der Waals surface area (Å²) in [5.74, 6) is 0.142. The smallest absolute Gasteiger partial charge is 0.236 e. The van der Waals surface area contributed by atoms with E-state index in [4.69, 9.17) is 0 Å². The highest BCUT2D eigenvalue weighted by atomic mass is 19.1. The van der Waals surface area contributed by atoms with Crippen molar-refractivity contribution in [1.82, 2.24) is 14.7 Å². The minimum atomic E-state index is -0.278. The fourth-order valence-electron chi connectivity index (χ4n) is 4.00. The Hall–Kier alpha value is -1.95. The van der Waals surface area contributed by atoms with Gasteiger partial charge in [-0.2, -0.15) is 0 Å². The Kier molecular flexibility index (Phi) is 6.47. The highest BCUT2D eigenvalue weighted by Crippen LogP contribution is 2.21. The van der Waals surface area contributed by atoms with Crippen molar-refractivity contribution in [2.24, 2.45) is 5.92 Å². The first kappa shape index (κ1) is 19.8. The number of benzene rings is 1. The van der Waals surface area contributed by atoms with E-state index in [-0.39, 0.29) is 29.6 Å². The highest BCUT2D eigenvalue weighted by molar-refractivity contribution is 5.81. The molecule has 0 bridgehead atoms. The van der Waals surface area contributed by atoms with E-state index in [1.54, 1.807) is 12.1 Å². The van der Waals surface area contributed by atoms with Gasteiger partial charge in [0.2, 0.25) is 11.8 Å². The molecule has 6 heteroatoms. The summed E-state index contributed by atoms with van der Waals surface area (Å²) in [6, 6.07) is 6.26. The van der Waals surface area contributed by atoms with E-state index < -0.39 is 0 Å². The van der Waals surface area contributed by atoms with Gasteiger partial charge in [0, 0.05) is 26.1 Å². The van der Waals surface area contributed by atoms with Gasteiger partial charge in [0.15, 0.2) is 0 Å². The van der Waals surface area contributed by atoms with Crippen molar-refractivity contribution in [2.75, 3.05) is 32.7 Å². The molecule has 0 saturated carbocycles.